The van der Waals surface area contributed by atoms with Gasteiger partial charge in [-0.05, 0) is 11.6 Å². The fourth-order valence-corrected chi connectivity index (χ4v) is 2.06. The molecule has 1 rings (SSSR count). The van der Waals surface area contributed by atoms with Crippen LogP contribution in [-0.4, -0.2) is 37.2 Å². The van der Waals surface area contributed by atoms with Crippen molar-refractivity contribution >= 4 is 23.5 Å². The molecule has 20 heavy (non-hydrogen) atoms. The first-order chi connectivity index (χ1) is 9.40. The average molecular weight is 302 g/mol. The van der Waals surface area contributed by atoms with Gasteiger partial charge in [-0.25, -0.2) is 4.79 Å². The summed E-state index contributed by atoms with van der Waals surface area (Å²) in [7, 11) is 2.92. The average Bonchev–Trinajstić information content (AvgIpc) is 2.39. The van der Waals surface area contributed by atoms with Gasteiger partial charge >= 0.3 is 5.97 Å². The number of benzene rings is 1. The maximum Gasteiger partial charge on any atom is 0.326 e. The van der Waals surface area contributed by atoms with Crippen LogP contribution in [-0.2, 0) is 16.0 Å². The second-order valence-electron chi connectivity index (χ2n) is 4.07. The number of ether oxygens (including phenoxy) is 2. The van der Waals surface area contributed by atoms with Gasteiger partial charge < -0.3 is 19.9 Å². The summed E-state index contributed by atoms with van der Waals surface area (Å²) in [5.41, 5.74) is 0.547. The fraction of sp³-hybridized carbons (Fsp3) is 0.385. The molecule has 0 aliphatic heterocycles. The van der Waals surface area contributed by atoms with E-state index in [0.717, 1.165) is 0 Å². The van der Waals surface area contributed by atoms with Gasteiger partial charge in [0, 0.05) is 13.3 Å². The van der Waals surface area contributed by atoms with Crippen molar-refractivity contribution < 1.29 is 24.2 Å². The molecule has 0 fully saturated rings. The number of halogens is 1. The molecular formula is C13H16ClNO5. The molecule has 0 spiro atoms. The van der Waals surface area contributed by atoms with Crippen molar-refractivity contribution in [2.24, 2.45) is 0 Å². The topological polar surface area (TPSA) is 84.9 Å². The van der Waals surface area contributed by atoms with Gasteiger partial charge in [0.25, 0.3) is 0 Å². The van der Waals surface area contributed by atoms with Gasteiger partial charge in [-0.1, -0.05) is 17.7 Å². The van der Waals surface area contributed by atoms with E-state index in [0.29, 0.717) is 17.1 Å². The predicted molar refractivity (Wildman–Crippen MR) is 73.5 cm³/mol. The van der Waals surface area contributed by atoms with E-state index in [2.05, 4.69) is 5.32 Å². The minimum Gasteiger partial charge on any atom is -0.493 e. The number of hydrogen-bond acceptors (Lipinski definition) is 4. The first-order valence-corrected chi connectivity index (χ1v) is 6.17. The highest BCUT2D eigenvalue weighted by Crippen LogP contribution is 2.37. The highest BCUT2D eigenvalue weighted by Gasteiger charge is 2.22. The number of carboxylic acids is 1. The molecule has 1 aromatic carbocycles. The molecule has 0 unspecified atom stereocenters. The molecule has 1 aromatic rings. The number of carbonyl (C=O) groups is 2. The van der Waals surface area contributed by atoms with Crippen LogP contribution >= 0.6 is 11.6 Å². The predicted octanol–water partition coefficient (Wildman–Crippen LogP) is 1.49. The van der Waals surface area contributed by atoms with Crippen molar-refractivity contribution in [3.63, 3.8) is 0 Å². The monoisotopic (exact) mass is 301 g/mol. The summed E-state index contributed by atoms with van der Waals surface area (Å²) in [5, 5.41) is 11.7. The van der Waals surface area contributed by atoms with Gasteiger partial charge in [-0.2, -0.15) is 0 Å². The Balaban J connectivity index is 3.07. The summed E-state index contributed by atoms with van der Waals surface area (Å²) < 4.78 is 10.2. The van der Waals surface area contributed by atoms with Crippen molar-refractivity contribution in [1.82, 2.24) is 5.32 Å². The van der Waals surface area contributed by atoms with Crippen molar-refractivity contribution in [3.05, 3.63) is 22.7 Å². The van der Waals surface area contributed by atoms with E-state index in [4.69, 9.17) is 26.2 Å². The van der Waals surface area contributed by atoms with E-state index in [1.807, 2.05) is 0 Å². The third-order valence-electron chi connectivity index (χ3n) is 2.66. The Morgan fingerprint density at radius 2 is 2.00 bits per heavy atom. The Labute approximate surface area is 121 Å². The Hall–Kier alpha value is -1.95. The third-order valence-corrected chi connectivity index (χ3v) is 3.08. The maximum atomic E-state index is 11.1. The van der Waals surface area contributed by atoms with E-state index in [1.54, 1.807) is 12.1 Å². The highest BCUT2D eigenvalue weighted by molar-refractivity contribution is 6.33. The molecule has 1 atom stereocenters. The molecule has 110 valence electrons. The molecule has 1 amide bonds. The van der Waals surface area contributed by atoms with Crippen molar-refractivity contribution in [1.29, 1.82) is 0 Å². The summed E-state index contributed by atoms with van der Waals surface area (Å²) in [5.74, 6) is -0.772. The van der Waals surface area contributed by atoms with Crippen LogP contribution in [0.2, 0.25) is 5.02 Å². The molecule has 0 radical (unpaired) electrons. The number of methoxy groups -OCH3 is 2. The van der Waals surface area contributed by atoms with Crippen LogP contribution < -0.4 is 14.8 Å². The lowest BCUT2D eigenvalue weighted by atomic mass is 10.0. The summed E-state index contributed by atoms with van der Waals surface area (Å²) in [4.78, 5) is 22.1. The summed E-state index contributed by atoms with van der Waals surface area (Å²) >= 11 is 6.17. The molecule has 0 saturated carbocycles. The van der Waals surface area contributed by atoms with E-state index in [-0.39, 0.29) is 11.4 Å². The molecule has 7 heteroatoms. The summed E-state index contributed by atoms with van der Waals surface area (Å²) in [6, 6.07) is 2.22. The molecular weight excluding hydrogens is 286 g/mol. The zero-order chi connectivity index (χ0) is 15.3. The number of hydrogen-bond donors (Lipinski definition) is 2. The number of rotatable bonds is 6. The van der Waals surface area contributed by atoms with Gasteiger partial charge in [0.2, 0.25) is 5.91 Å². The highest BCUT2D eigenvalue weighted by atomic mass is 35.5. The second-order valence-corrected chi connectivity index (χ2v) is 4.45. The van der Waals surface area contributed by atoms with E-state index < -0.39 is 17.9 Å². The Morgan fingerprint density at radius 1 is 1.35 bits per heavy atom. The second kappa shape index (κ2) is 7.00. The van der Waals surface area contributed by atoms with E-state index in [9.17, 15) is 9.59 Å². The lowest BCUT2D eigenvalue weighted by molar-refractivity contribution is -0.141. The molecule has 0 saturated heterocycles. The van der Waals surface area contributed by atoms with Crippen LogP contribution in [0.4, 0.5) is 0 Å². The molecule has 2 N–H and O–H groups in total. The fourth-order valence-electron chi connectivity index (χ4n) is 1.75. The molecule has 0 bridgehead atoms. The lowest BCUT2D eigenvalue weighted by Gasteiger charge is -2.16. The number of nitrogens with one attached hydrogen (secondary N) is 1. The smallest absolute Gasteiger partial charge is 0.326 e. The summed E-state index contributed by atoms with van der Waals surface area (Å²) in [6.45, 7) is 1.26. The zero-order valence-electron chi connectivity index (χ0n) is 11.4. The van der Waals surface area contributed by atoms with Crippen LogP contribution in [0.25, 0.3) is 0 Å². The van der Waals surface area contributed by atoms with Crippen molar-refractivity contribution in [2.75, 3.05) is 14.2 Å². The molecule has 0 aliphatic rings. The first kappa shape index (κ1) is 16.1. The molecule has 6 nitrogen and oxygen atoms in total. The van der Waals surface area contributed by atoms with Gasteiger partial charge in [0.15, 0.2) is 11.5 Å². The normalized spacial score (nSPS) is 11.6. The minimum atomic E-state index is -1.13. The lowest BCUT2D eigenvalue weighted by Crippen LogP contribution is -2.41. The largest absolute Gasteiger partial charge is 0.493 e. The Bertz CT molecular complexity index is 518. The summed E-state index contributed by atoms with van der Waals surface area (Å²) in [6.07, 6.45) is 0.0497. The van der Waals surface area contributed by atoms with Crippen LogP contribution in [0.1, 0.15) is 12.5 Å². The maximum absolute atomic E-state index is 11.1. The number of carboxylic acid groups (broad SMARTS) is 1. The van der Waals surface area contributed by atoms with Crippen LogP contribution in [0, 0.1) is 0 Å². The van der Waals surface area contributed by atoms with Crippen LogP contribution in [0.3, 0.4) is 0 Å². The van der Waals surface area contributed by atoms with Gasteiger partial charge in [-0.15, -0.1) is 0 Å². The minimum absolute atomic E-state index is 0.0497. The van der Waals surface area contributed by atoms with Gasteiger partial charge in [0.1, 0.15) is 6.04 Å². The molecule has 0 aromatic heterocycles. The van der Waals surface area contributed by atoms with Crippen LogP contribution in [0.5, 0.6) is 11.5 Å². The quantitative estimate of drug-likeness (QED) is 0.831. The van der Waals surface area contributed by atoms with Crippen LogP contribution in [0.15, 0.2) is 12.1 Å². The van der Waals surface area contributed by atoms with Gasteiger partial charge in [-0.3, -0.25) is 4.79 Å². The standard InChI is InChI=1S/C13H16ClNO5/c1-7(16)15-9(13(17)18)6-8-4-5-10(19-2)12(20-3)11(8)14/h4-5,9H,6H2,1-3H3,(H,15,16)(H,17,18)/t9-/m0/s1. The molecule has 0 heterocycles. The van der Waals surface area contributed by atoms with Crippen molar-refractivity contribution in [3.8, 4) is 11.5 Å². The molecule has 0 aliphatic carbocycles. The van der Waals surface area contributed by atoms with Crippen molar-refractivity contribution in [2.45, 2.75) is 19.4 Å². The Kier molecular flexibility index (Phi) is 5.64. The third kappa shape index (κ3) is 3.77. The number of carbonyl (C=O) groups excluding carboxylic acids is 1. The Morgan fingerprint density at radius 3 is 2.45 bits per heavy atom. The van der Waals surface area contributed by atoms with E-state index in [1.165, 1.54) is 21.1 Å². The number of aliphatic carboxylic acids is 1. The van der Waals surface area contributed by atoms with Gasteiger partial charge in [0.05, 0.1) is 19.2 Å². The SMILES string of the molecule is COc1ccc(C[C@H](NC(C)=O)C(=O)O)c(Cl)c1OC. The zero-order valence-corrected chi connectivity index (χ0v) is 12.2. The number of amides is 1. The first-order valence-electron chi connectivity index (χ1n) is 5.80. The van der Waals surface area contributed by atoms with E-state index >= 15 is 0 Å².